The first kappa shape index (κ1) is 14.3. The Morgan fingerprint density at radius 2 is 1.90 bits per heavy atom. The second kappa shape index (κ2) is 6.02. The zero-order valence-corrected chi connectivity index (χ0v) is 13.4. The van der Waals surface area contributed by atoms with Gasteiger partial charge in [-0.1, -0.05) is 51.8 Å². The van der Waals surface area contributed by atoms with E-state index < -0.39 is 0 Å². The molecule has 1 atom stereocenters. The molecule has 0 aliphatic rings. The number of hydrogen-bond acceptors (Lipinski definition) is 2. The van der Waals surface area contributed by atoms with Gasteiger partial charge in [0.05, 0.1) is 17.9 Å². The summed E-state index contributed by atoms with van der Waals surface area (Å²) >= 11 is 9.47. The van der Waals surface area contributed by atoms with Crippen molar-refractivity contribution in [2.24, 2.45) is 5.73 Å². The van der Waals surface area contributed by atoms with Crippen molar-refractivity contribution in [1.82, 2.24) is 9.78 Å². The molecule has 3 rings (SSSR count). The Hall–Kier alpha value is -1.62. The number of rotatable bonds is 3. The average Bonchev–Trinajstić information content (AvgIpc) is 2.97. The van der Waals surface area contributed by atoms with E-state index in [1.807, 2.05) is 59.4 Å². The molecule has 106 valence electrons. The summed E-state index contributed by atoms with van der Waals surface area (Å²) in [4.78, 5) is 0. The van der Waals surface area contributed by atoms with Crippen LogP contribution in [0.1, 0.15) is 17.2 Å². The normalized spacial score (nSPS) is 12.3. The van der Waals surface area contributed by atoms with Crippen LogP contribution in [0.5, 0.6) is 0 Å². The van der Waals surface area contributed by atoms with Crippen molar-refractivity contribution in [3.8, 4) is 5.69 Å². The number of aromatic nitrogens is 2. The molecule has 3 aromatic rings. The summed E-state index contributed by atoms with van der Waals surface area (Å²) in [5, 5.41) is 5.05. The molecule has 0 aliphatic heterocycles. The van der Waals surface area contributed by atoms with Crippen molar-refractivity contribution in [3.05, 3.63) is 81.5 Å². The van der Waals surface area contributed by atoms with Crippen LogP contribution in [-0.4, -0.2) is 9.78 Å². The Balaban J connectivity index is 1.92. The quantitative estimate of drug-likeness (QED) is 0.753. The molecular formula is C16H13BrClN3. The fraction of sp³-hybridized carbons (Fsp3) is 0.0625. The van der Waals surface area contributed by atoms with Crippen LogP contribution in [0.4, 0.5) is 0 Å². The molecule has 1 heterocycles. The second-order valence-electron chi connectivity index (χ2n) is 4.70. The molecule has 2 N–H and O–H groups in total. The first-order valence-corrected chi connectivity index (χ1v) is 7.63. The van der Waals surface area contributed by atoms with Crippen LogP contribution in [0, 0.1) is 0 Å². The molecular weight excluding hydrogens is 350 g/mol. The first-order valence-electron chi connectivity index (χ1n) is 6.45. The predicted octanol–water partition coefficient (Wildman–Crippen LogP) is 4.34. The third kappa shape index (κ3) is 3.02. The topological polar surface area (TPSA) is 43.8 Å². The van der Waals surface area contributed by atoms with E-state index in [9.17, 15) is 0 Å². The Morgan fingerprint density at radius 3 is 2.62 bits per heavy atom. The predicted molar refractivity (Wildman–Crippen MR) is 88.7 cm³/mol. The Morgan fingerprint density at radius 1 is 1.14 bits per heavy atom. The van der Waals surface area contributed by atoms with E-state index in [4.69, 9.17) is 17.3 Å². The maximum Gasteiger partial charge on any atom is 0.0645 e. The van der Waals surface area contributed by atoms with Gasteiger partial charge in [0.25, 0.3) is 0 Å². The van der Waals surface area contributed by atoms with Gasteiger partial charge in [0.15, 0.2) is 0 Å². The monoisotopic (exact) mass is 361 g/mol. The fourth-order valence-electron chi connectivity index (χ4n) is 2.15. The minimum Gasteiger partial charge on any atom is -0.320 e. The van der Waals surface area contributed by atoms with E-state index in [-0.39, 0.29) is 6.04 Å². The van der Waals surface area contributed by atoms with Crippen molar-refractivity contribution in [3.63, 3.8) is 0 Å². The molecule has 0 fully saturated rings. The highest BCUT2D eigenvalue weighted by molar-refractivity contribution is 9.10. The minimum absolute atomic E-state index is 0.255. The van der Waals surface area contributed by atoms with Crippen LogP contribution in [0.15, 0.2) is 65.4 Å². The molecule has 0 radical (unpaired) electrons. The van der Waals surface area contributed by atoms with Gasteiger partial charge in [-0.05, 0) is 29.8 Å². The number of nitrogens with two attached hydrogens (primary N) is 1. The average molecular weight is 363 g/mol. The van der Waals surface area contributed by atoms with Crippen molar-refractivity contribution in [2.45, 2.75) is 6.04 Å². The molecule has 5 heteroatoms. The molecule has 1 unspecified atom stereocenters. The molecule has 0 bridgehead atoms. The van der Waals surface area contributed by atoms with Gasteiger partial charge in [0, 0.05) is 21.3 Å². The van der Waals surface area contributed by atoms with E-state index in [0.29, 0.717) is 5.02 Å². The lowest BCUT2D eigenvalue weighted by Crippen LogP contribution is -2.11. The number of benzene rings is 2. The SMILES string of the molecule is NC(c1cnn(-c2ccccc2)c1)c1ccc(Cl)cc1Br. The lowest BCUT2D eigenvalue weighted by atomic mass is 10.0. The molecule has 2 aromatic carbocycles. The first-order chi connectivity index (χ1) is 10.1. The summed E-state index contributed by atoms with van der Waals surface area (Å²) in [6.07, 6.45) is 3.74. The van der Waals surface area contributed by atoms with Crippen LogP contribution in [0.3, 0.4) is 0 Å². The zero-order valence-electron chi connectivity index (χ0n) is 11.1. The third-order valence-corrected chi connectivity index (χ3v) is 4.20. The summed E-state index contributed by atoms with van der Waals surface area (Å²) < 4.78 is 2.72. The van der Waals surface area contributed by atoms with Crippen LogP contribution in [-0.2, 0) is 0 Å². The smallest absolute Gasteiger partial charge is 0.0645 e. The van der Waals surface area contributed by atoms with Gasteiger partial charge in [-0.25, -0.2) is 4.68 Å². The number of nitrogens with zero attached hydrogens (tertiary/aromatic N) is 2. The van der Waals surface area contributed by atoms with Crippen LogP contribution < -0.4 is 5.73 Å². The highest BCUT2D eigenvalue weighted by Crippen LogP contribution is 2.29. The van der Waals surface area contributed by atoms with Gasteiger partial charge in [0.1, 0.15) is 0 Å². The van der Waals surface area contributed by atoms with Crippen molar-refractivity contribution >= 4 is 27.5 Å². The summed E-state index contributed by atoms with van der Waals surface area (Å²) in [5.41, 5.74) is 9.26. The maximum atomic E-state index is 6.33. The molecule has 0 amide bonds. The van der Waals surface area contributed by atoms with E-state index in [1.54, 1.807) is 6.20 Å². The highest BCUT2D eigenvalue weighted by Gasteiger charge is 2.14. The molecule has 0 saturated heterocycles. The molecule has 0 saturated carbocycles. The Labute approximate surface area is 136 Å². The van der Waals surface area contributed by atoms with E-state index in [2.05, 4.69) is 21.0 Å². The van der Waals surface area contributed by atoms with E-state index in [1.165, 1.54) is 0 Å². The molecule has 1 aromatic heterocycles. The molecule has 3 nitrogen and oxygen atoms in total. The molecule has 0 spiro atoms. The molecule has 0 aliphatic carbocycles. The van der Waals surface area contributed by atoms with Crippen molar-refractivity contribution < 1.29 is 0 Å². The Bertz CT molecular complexity index is 755. The largest absolute Gasteiger partial charge is 0.320 e. The van der Waals surface area contributed by atoms with Gasteiger partial charge in [-0.3, -0.25) is 0 Å². The fourth-order valence-corrected chi connectivity index (χ4v) is 3.08. The lowest BCUT2D eigenvalue weighted by Gasteiger charge is -2.12. The van der Waals surface area contributed by atoms with Gasteiger partial charge < -0.3 is 5.73 Å². The summed E-state index contributed by atoms with van der Waals surface area (Å²) in [7, 11) is 0. The maximum absolute atomic E-state index is 6.33. The standard InChI is InChI=1S/C16H13BrClN3/c17-15-8-12(18)6-7-14(15)16(19)11-9-20-21(10-11)13-4-2-1-3-5-13/h1-10,16H,19H2. The third-order valence-electron chi connectivity index (χ3n) is 3.28. The van der Waals surface area contributed by atoms with Crippen LogP contribution >= 0.6 is 27.5 Å². The van der Waals surface area contributed by atoms with Crippen LogP contribution in [0.2, 0.25) is 5.02 Å². The molecule has 21 heavy (non-hydrogen) atoms. The van der Waals surface area contributed by atoms with Gasteiger partial charge in [0.2, 0.25) is 0 Å². The van der Waals surface area contributed by atoms with E-state index >= 15 is 0 Å². The van der Waals surface area contributed by atoms with Gasteiger partial charge in [-0.15, -0.1) is 0 Å². The Kier molecular flexibility index (Phi) is 4.10. The van der Waals surface area contributed by atoms with Gasteiger partial charge >= 0.3 is 0 Å². The highest BCUT2D eigenvalue weighted by atomic mass is 79.9. The number of para-hydroxylation sites is 1. The lowest BCUT2D eigenvalue weighted by molar-refractivity contribution is 0.858. The van der Waals surface area contributed by atoms with Crippen LogP contribution in [0.25, 0.3) is 5.69 Å². The summed E-state index contributed by atoms with van der Waals surface area (Å²) in [5.74, 6) is 0. The zero-order chi connectivity index (χ0) is 14.8. The summed E-state index contributed by atoms with van der Waals surface area (Å²) in [6.45, 7) is 0. The van der Waals surface area contributed by atoms with Gasteiger partial charge in [-0.2, -0.15) is 5.10 Å². The van der Waals surface area contributed by atoms with E-state index in [0.717, 1.165) is 21.3 Å². The number of hydrogen-bond donors (Lipinski definition) is 1. The van der Waals surface area contributed by atoms with Crippen molar-refractivity contribution in [2.75, 3.05) is 0 Å². The van der Waals surface area contributed by atoms with Crippen molar-refractivity contribution in [1.29, 1.82) is 0 Å². The minimum atomic E-state index is -0.255. The summed E-state index contributed by atoms with van der Waals surface area (Å²) in [6, 6.07) is 15.3. The second-order valence-corrected chi connectivity index (χ2v) is 5.99. The number of halogens is 2.